The molecular formula is C22H22N2O4S. The number of aromatic nitrogens is 2. The molecule has 0 fully saturated rings. The van der Waals surface area contributed by atoms with Crippen LogP contribution in [0, 0.1) is 13.8 Å². The normalized spacial score (nSPS) is 11.3. The van der Waals surface area contributed by atoms with Crippen molar-refractivity contribution in [2.45, 2.75) is 33.8 Å². The molecule has 0 aliphatic heterocycles. The number of thiazole rings is 1. The molecule has 0 saturated carbocycles. The number of benzene rings is 1. The van der Waals surface area contributed by atoms with Crippen molar-refractivity contribution < 1.29 is 19.4 Å². The number of pyridine rings is 1. The Morgan fingerprint density at radius 1 is 1.21 bits per heavy atom. The van der Waals surface area contributed by atoms with Crippen LogP contribution in [0.3, 0.4) is 0 Å². The third-order valence-corrected chi connectivity index (χ3v) is 4.93. The Balaban J connectivity index is 1.73. The number of ether oxygens (including phenoxy) is 2. The van der Waals surface area contributed by atoms with Crippen molar-refractivity contribution >= 4 is 22.9 Å². The molecule has 29 heavy (non-hydrogen) atoms. The Labute approximate surface area is 173 Å². The van der Waals surface area contributed by atoms with Crippen LogP contribution in [0.1, 0.15) is 35.7 Å². The van der Waals surface area contributed by atoms with Gasteiger partial charge in [0, 0.05) is 17.5 Å². The summed E-state index contributed by atoms with van der Waals surface area (Å²) in [4.78, 5) is 19.5. The van der Waals surface area contributed by atoms with Gasteiger partial charge in [0.25, 0.3) is 0 Å². The molecule has 0 spiro atoms. The molecular weight excluding hydrogens is 388 g/mol. The minimum atomic E-state index is -0.946. The number of aryl methyl sites for hydroxylation is 2. The summed E-state index contributed by atoms with van der Waals surface area (Å²) in [5.74, 6) is 0.865. The Bertz CT molecular complexity index is 989. The van der Waals surface area contributed by atoms with Gasteiger partial charge in [-0.3, -0.25) is 0 Å². The third-order valence-electron chi connectivity index (χ3n) is 4.30. The summed E-state index contributed by atoms with van der Waals surface area (Å²) in [6, 6.07) is 7.43. The Hall–Kier alpha value is -3.19. The quantitative estimate of drug-likeness (QED) is 0.501. The monoisotopic (exact) mass is 410 g/mol. The lowest BCUT2D eigenvalue weighted by Gasteiger charge is -2.14. The zero-order chi connectivity index (χ0) is 20.8. The highest BCUT2D eigenvalue weighted by molar-refractivity contribution is 7.07. The molecule has 0 aliphatic carbocycles. The van der Waals surface area contributed by atoms with Gasteiger partial charge in [0.2, 0.25) is 5.88 Å². The molecule has 2 heterocycles. The van der Waals surface area contributed by atoms with E-state index in [-0.39, 0.29) is 0 Å². The molecule has 3 aromatic rings. The van der Waals surface area contributed by atoms with Gasteiger partial charge in [0.15, 0.2) is 0 Å². The summed E-state index contributed by atoms with van der Waals surface area (Å²) in [6.45, 7) is 6.21. The number of hydrogen-bond donors (Lipinski definition) is 1. The van der Waals surface area contributed by atoms with E-state index in [9.17, 15) is 4.79 Å². The second-order valence-corrected chi connectivity index (χ2v) is 7.22. The fourth-order valence-electron chi connectivity index (χ4n) is 2.92. The van der Waals surface area contributed by atoms with E-state index in [4.69, 9.17) is 14.6 Å². The first kappa shape index (κ1) is 20.5. The van der Waals surface area contributed by atoms with Gasteiger partial charge < -0.3 is 14.6 Å². The lowest BCUT2D eigenvalue weighted by molar-refractivity contribution is -0.131. The van der Waals surface area contributed by atoms with E-state index < -0.39 is 5.97 Å². The minimum absolute atomic E-state index is 0.398. The number of allylic oxidation sites excluding steroid dienone is 1. The average Bonchev–Trinajstić information content (AvgIpc) is 3.21. The first-order chi connectivity index (χ1) is 14.0. The summed E-state index contributed by atoms with van der Waals surface area (Å²) in [6.07, 6.45) is 3.50. The zero-order valence-corrected chi connectivity index (χ0v) is 17.3. The number of carboxylic acids is 1. The number of hydrogen-bond acceptors (Lipinski definition) is 6. The van der Waals surface area contributed by atoms with E-state index >= 15 is 0 Å². The summed E-state index contributed by atoms with van der Waals surface area (Å²) in [7, 11) is 0. The number of nitrogens with zero attached hydrogens (tertiary/aromatic N) is 2. The number of carboxylic acid groups (broad SMARTS) is 1. The van der Waals surface area contributed by atoms with Gasteiger partial charge in [0.05, 0.1) is 17.4 Å². The highest BCUT2D eigenvalue weighted by atomic mass is 32.1. The van der Waals surface area contributed by atoms with Crippen molar-refractivity contribution in [3.8, 4) is 17.4 Å². The molecule has 0 atom stereocenters. The van der Waals surface area contributed by atoms with Crippen LogP contribution in [-0.4, -0.2) is 21.0 Å². The van der Waals surface area contributed by atoms with E-state index in [0.717, 1.165) is 28.0 Å². The molecule has 1 aromatic carbocycles. The molecule has 6 nitrogen and oxygen atoms in total. The van der Waals surface area contributed by atoms with E-state index in [1.807, 2.05) is 38.3 Å². The van der Waals surface area contributed by atoms with Gasteiger partial charge >= 0.3 is 5.97 Å². The number of aliphatic carboxylic acids is 1. The van der Waals surface area contributed by atoms with Crippen LogP contribution in [0.4, 0.5) is 0 Å². The topological polar surface area (TPSA) is 81.5 Å². The molecule has 0 amide bonds. The Morgan fingerprint density at radius 3 is 2.52 bits per heavy atom. The summed E-state index contributed by atoms with van der Waals surface area (Å²) in [5, 5.41) is 11.0. The van der Waals surface area contributed by atoms with E-state index in [1.54, 1.807) is 23.8 Å². The Morgan fingerprint density at radius 2 is 1.97 bits per heavy atom. The maximum Gasteiger partial charge on any atom is 0.328 e. The lowest BCUT2D eigenvalue weighted by Crippen LogP contribution is -1.98. The number of rotatable bonds is 8. The molecule has 150 valence electrons. The Kier molecular flexibility index (Phi) is 6.61. The van der Waals surface area contributed by atoms with Crippen molar-refractivity contribution in [2.75, 3.05) is 0 Å². The van der Waals surface area contributed by atoms with Crippen LogP contribution in [0.5, 0.6) is 17.4 Å². The maximum absolute atomic E-state index is 11.0. The zero-order valence-electron chi connectivity index (χ0n) is 16.5. The van der Waals surface area contributed by atoms with E-state index in [0.29, 0.717) is 30.4 Å². The predicted molar refractivity (Wildman–Crippen MR) is 113 cm³/mol. The largest absolute Gasteiger partial charge is 0.486 e. The van der Waals surface area contributed by atoms with Gasteiger partial charge in [-0.2, -0.15) is 0 Å². The first-order valence-corrected chi connectivity index (χ1v) is 10.1. The van der Waals surface area contributed by atoms with Crippen LogP contribution < -0.4 is 9.47 Å². The molecule has 0 saturated heterocycles. The van der Waals surface area contributed by atoms with Crippen molar-refractivity contribution in [1.29, 1.82) is 0 Å². The second kappa shape index (κ2) is 9.34. The van der Waals surface area contributed by atoms with E-state index in [1.165, 1.54) is 17.4 Å². The lowest BCUT2D eigenvalue weighted by atomic mass is 9.98. The van der Waals surface area contributed by atoms with Crippen LogP contribution in [0.2, 0.25) is 0 Å². The van der Waals surface area contributed by atoms with Gasteiger partial charge in [-0.15, -0.1) is 11.3 Å². The van der Waals surface area contributed by atoms with Gasteiger partial charge in [0.1, 0.15) is 18.1 Å². The van der Waals surface area contributed by atoms with E-state index in [2.05, 4.69) is 9.97 Å². The van der Waals surface area contributed by atoms with Crippen molar-refractivity contribution in [3.05, 3.63) is 69.8 Å². The molecule has 2 aromatic heterocycles. The highest BCUT2D eigenvalue weighted by Crippen LogP contribution is 2.32. The van der Waals surface area contributed by atoms with Crippen molar-refractivity contribution in [2.24, 2.45) is 0 Å². The molecule has 0 bridgehead atoms. The highest BCUT2D eigenvalue weighted by Gasteiger charge is 2.11. The summed E-state index contributed by atoms with van der Waals surface area (Å²) < 4.78 is 11.6. The van der Waals surface area contributed by atoms with Crippen LogP contribution in [-0.2, 0) is 11.4 Å². The summed E-state index contributed by atoms with van der Waals surface area (Å²) in [5.41, 5.74) is 6.13. The molecule has 3 rings (SSSR count). The average molecular weight is 410 g/mol. The predicted octanol–water partition coefficient (Wildman–Crippen LogP) is 5.40. The van der Waals surface area contributed by atoms with Crippen LogP contribution >= 0.6 is 11.3 Å². The van der Waals surface area contributed by atoms with Gasteiger partial charge in [-0.25, -0.2) is 14.8 Å². The molecule has 7 heteroatoms. The van der Waals surface area contributed by atoms with Crippen molar-refractivity contribution in [3.63, 3.8) is 0 Å². The first-order valence-electron chi connectivity index (χ1n) is 9.15. The smallest absolute Gasteiger partial charge is 0.328 e. The standard InChI is InChI=1S/C22H22N2O4S/c1-4-16(9-21(25)26)17-7-14(2)22(15(3)8-17)28-20-6-5-19(10-23-20)27-11-18-12-29-13-24-18/h5-10,12-13H,4,11H2,1-3H3,(H,25,26)/b16-9+. The fourth-order valence-corrected chi connectivity index (χ4v) is 3.46. The van der Waals surface area contributed by atoms with Crippen LogP contribution in [0.15, 0.2) is 47.4 Å². The third kappa shape index (κ3) is 5.42. The fraction of sp³-hybridized carbons (Fsp3) is 0.227. The SMILES string of the molecule is CC/C(=C\C(=O)O)c1cc(C)c(Oc2ccc(OCc3cscn3)cn2)c(C)c1. The van der Waals surface area contributed by atoms with Crippen molar-refractivity contribution in [1.82, 2.24) is 9.97 Å². The maximum atomic E-state index is 11.0. The molecule has 0 unspecified atom stereocenters. The number of carbonyl (C=O) groups is 1. The molecule has 0 aliphatic rings. The van der Waals surface area contributed by atoms with Gasteiger partial charge in [-0.05, 0) is 60.7 Å². The van der Waals surface area contributed by atoms with Crippen LogP contribution in [0.25, 0.3) is 5.57 Å². The summed E-state index contributed by atoms with van der Waals surface area (Å²) >= 11 is 1.53. The molecule has 1 N–H and O–H groups in total. The molecule has 0 radical (unpaired) electrons. The van der Waals surface area contributed by atoms with Gasteiger partial charge in [-0.1, -0.05) is 6.92 Å². The minimum Gasteiger partial charge on any atom is -0.486 e. The second-order valence-electron chi connectivity index (χ2n) is 6.50.